The molecule has 0 aromatic heterocycles. The summed E-state index contributed by atoms with van der Waals surface area (Å²) in [5.74, 6) is 1.71. The number of quaternary nitrogens is 2. The predicted octanol–water partition coefficient (Wildman–Crippen LogP) is 3.54. The Hall–Kier alpha value is -0.160. The van der Waals surface area contributed by atoms with Crippen molar-refractivity contribution in [3.8, 4) is 0 Å². The average molecular weight is 379 g/mol. The second kappa shape index (κ2) is 6.97. The number of fused-ring (bicyclic) bond motifs is 2. The van der Waals surface area contributed by atoms with Crippen LogP contribution in [0.15, 0.2) is 0 Å². The Morgan fingerprint density at radius 3 is 1.96 bits per heavy atom. The maximum absolute atomic E-state index is 3.06. The smallest absolute Gasteiger partial charge is 0.241 e. The summed E-state index contributed by atoms with van der Waals surface area (Å²) in [7, 11) is 0. The molecule has 3 spiro atoms. The highest BCUT2D eigenvalue weighted by Crippen LogP contribution is 2.56. The molecule has 0 amide bonds. The summed E-state index contributed by atoms with van der Waals surface area (Å²) in [6.07, 6.45) is 5.75. The third-order valence-corrected chi connectivity index (χ3v) is 8.45. The zero-order valence-corrected chi connectivity index (χ0v) is 19.1. The van der Waals surface area contributed by atoms with Crippen LogP contribution in [0.3, 0.4) is 0 Å². The molecule has 0 saturated carbocycles. The Bertz CT molecular complexity index is 532. The molecule has 0 aromatic carbocycles. The van der Waals surface area contributed by atoms with Crippen LogP contribution in [-0.4, -0.2) is 89.1 Å². The second-order valence-electron chi connectivity index (χ2n) is 11.3. The molecule has 4 heteroatoms. The first-order chi connectivity index (χ1) is 12.8. The Morgan fingerprint density at radius 2 is 1.41 bits per heavy atom. The first-order valence-electron chi connectivity index (χ1n) is 12.0. The quantitative estimate of drug-likeness (QED) is 0.691. The maximum atomic E-state index is 3.06. The summed E-state index contributed by atoms with van der Waals surface area (Å²) < 4.78 is 2.77. The van der Waals surface area contributed by atoms with Crippen LogP contribution in [0.25, 0.3) is 0 Å². The van der Waals surface area contributed by atoms with Crippen molar-refractivity contribution in [2.24, 2.45) is 11.8 Å². The normalized spacial score (nSPS) is 38.7. The van der Waals surface area contributed by atoms with E-state index in [0.29, 0.717) is 6.04 Å². The highest BCUT2D eigenvalue weighted by Gasteiger charge is 2.81. The fraction of sp³-hybridized carbons (Fsp3) is 1.00. The van der Waals surface area contributed by atoms with Crippen LogP contribution in [0.5, 0.6) is 0 Å². The van der Waals surface area contributed by atoms with Crippen LogP contribution >= 0.6 is 0 Å². The van der Waals surface area contributed by atoms with Crippen LogP contribution in [0.2, 0.25) is 0 Å². The van der Waals surface area contributed by atoms with Crippen molar-refractivity contribution in [1.29, 1.82) is 0 Å². The molecule has 27 heavy (non-hydrogen) atoms. The molecule has 0 radical (unpaired) electrons. The molecule has 4 fully saturated rings. The van der Waals surface area contributed by atoms with E-state index in [-0.39, 0.29) is 5.91 Å². The Labute approximate surface area is 168 Å². The van der Waals surface area contributed by atoms with Gasteiger partial charge in [0.2, 0.25) is 0 Å². The van der Waals surface area contributed by atoms with E-state index < -0.39 is 0 Å². The van der Waals surface area contributed by atoms with Gasteiger partial charge in [-0.2, -0.15) is 9.80 Å². The van der Waals surface area contributed by atoms with Crippen LogP contribution in [0, 0.1) is 11.8 Å². The monoisotopic (exact) mass is 378 g/mol. The van der Waals surface area contributed by atoms with Crippen molar-refractivity contribution in [3.63, 3.8) is 0 Å². The molecule has 0 aromatic rings. The molecule has 4 nitrogen and oxygen atoms in total. The standard InChI is InChI=1S/C23H46N4/c1-19(2)15-24-17-22(6)27(13-9-10-14-27)23(24)25(16-20(3)4)21(5)18-26(23)11-7-8-12-26/h19-22H,7-18H2,1-6H3/q+2. The largest absolute Gasteiger partial charge is 0.357 e. The summed E-state index contributed by atoms with van der Waals surface area (Å²) in [5, 5.41) is 0. The van der Waals surface area contributed by atoms with Gasteiger partial charge in [0, 0.05) is 38.8 Å². The molecule has 4 rings (SSSR count). The molecule has 4 heterocycles. The first-order valence-corrected chi connectivity index (χ1v) is 12.0. The summed E-state index contributed by atoms with van der Waals surface area (Å²) in [5.41, 5.74) is 0. The molecule has 4 aliphatic rings. The molecule has 4 aliphatic heterocycles. The van der Waals surface area contributed by atoms with Crippen LogP contribution in [-0.2, 0) is 0 Å². The molecular weight excluding hydrogens is 332 g/mol. The van der Waals surface area contributed by atoms with E-state index in [0.717, 1.165) is 17.9 Å². The van der Waals surface area contributed by atoms with Gasteiger partial charge in [0.1, 0.15) is 12.6 Å². The summed E-state index contributed by atoms with van der Waals surface area (Å²) in [4.78, 5) is 6.09. The van der Waals surface area contributed by atoms with E-state index in [9.17, 15) is 0 Å². The fourth-order valence-corrected chi connectivity index (χ4v) is 8.03. The van der Waals surface area contributed by atoms with Crippen LogP contribution < -0.4 is 0 Å². The third kappa shape index (κ3) is 2.62. The van der Waals surface area contributed by atoms with E-state index in [1.165, 1.54) is 87.0 Å². The van der Waals surface area contributed by atoms with Crippen molar-refractivity contribution in [1.82, 2.24) is 9.80 Å². The molecule has 156 valence electrons. The van der Waals surface area contributed by atoms with E-state index in [1.807, 2.05) is 0 Å². The highest BCUT2D eigenvalue weighted by molar-refractivity contribution is 4.96. The number of nitrogens with zero attached hydrogens (tertiary/aromatic N) is 4. The van der Waals surface area contributed by atoms with Gasteiger partial charge in [-0.3, -0.25) is 0 Å². The molecule has 0 aliphatic carbocycles. The van der Waals surface area contributed by atoms with Gasteiger partial charge in [-0.1, -0.05) is 27.7 Å². The van der Waals surface area contributed by atoms with Crippen molar-refractivity contribution in [3.05, 3.63) is 0 Å². The molecular formula is C23H46N4+2. The number of rotatable bonds is 4. The zero-order chi connectivity index (χ0) is 19.4. The first kappa shape index (κ1) is 20.1. The molecule has 4 saturated heterocycles. The van der Waals surface area contributed by atoms with E-state index >= 15 is 0 Å². The lowest BCUT2D eigenvalue weighted by Crippen LogP contribution is -2.83. The van der Waals surface area contributed by atoms with Crippen LogP contribution in [0.1, 0.15) is 67.2 Å². The SMILES string of the molecule is CC(C)CN1CC(C)[N+]2(CCCC2)C12N(CC(C)C)C(C)C[N+]21CCCC1. The van der Waals surface area contributed by atoms with E-state index in [2.05, 4.69) is 51.3 Å². The van der Waals surface area contributed by atoms with Crippen LogP contribution in [0.4, 0.5) is 0 Å². The molecule has 3 atom stereocenters. The van der Waals surface area contributed by atoms with Crippen molar-refractivity contribution in [2.45, 2.75) is 85.2 Å². The minimum absolute atomic E-state index is 0.223. The summed E-state index contributed by atoms with van der Waals surface area (Å²) in [6.45, 7) is 25.8. The van der Waals surface area contributed by atoms with E-state index in [4.69, 9.17) is 0 Å². The van der Waals surface area contributed by atoms with E-state index in [1.54, 1.807) is 0 Å². The average Bonchev–Trinajstić information content (AvgIpc) is 3.31. The lowest BCUT2D eigenvalue weighted by atomic mass is 10.1. The number of hydrogen-bond acceptors (Lipinski definition) is 2. The van der Waals surface area contributed by atoms with Crippen molar-refractivity contribution in [2.75, 3.05) is 52.4 Å². The van der Waals surface area contributed by atoms with Gasteiger partial charge in [-0.25, -0.2) is 8.97 Å². The van der Waals surface area contributed by atoms with Gasteiger partial charge in [-0.05, 0) is 25.7 Å². The van der Waals surface area contributed by atoms with Gasteiger partial charge in [0.25, 0.3) is 0 Å². The topological polar surface area (TPSA) is 6.48 Å². The minimum Gasteiger partial charge on any atom is -0.241 e. The Kier molecular flexibility index (Phi) is 5.19. The van der Waals surface area contributed by atoms with Gasteiger partial charge in [0.15, 0.2) is 0 Å². The molecule has 0 N–H and O–H groups in total. The van der Waals surface area contributed by atoms with Gasteiger partial charge in [0.05, 0.1) is 38.8 Å². The van der Waals surface area contributed by atoms with Gasteiger partial charge >= 0.3 is 5.91 Å². The summed E-state index contributed by atoms with van der Waals surface area (Å²) >= 11 is 0. The molecule has 0 bridgehead atoms. The van der Waals surface area contributed by atoms with Gasteiger partial charge in [-0.15, -0.1) is 0 Å². The zero-order valence-electron chi connectivity index (χ0n) is 19.1. The fourth-order valence-electron chi connectivity index (χ4n) is 8.03. The highest BCUT2D eigenvalue weighted by atomic mass is 15.9. The van der Waals surface area contributed by atoms with Gasteiger partial charge < -0.3 is 0 Å². The maximum Gasteiger partial charge on any atom is 0.357 e. The predicted molar refractivity (Wildman–Crippen MR) is 113 cm³/mol. The van der Waals surface area contributed by atoms with Crippen molar-refractivity contribution >= 4 is 0 Å². The second-order valence-corrected chi connectivity index (χ2v) is 11.3. The lowest BCUT2D eigenvalue weighted by Gasteiger charge is -2.57. The summed E-state index contributed by atoms with van der Waals surface area (Å²) in [6, 6.07) is 1.49. The Balaban J connectivity index is 1.91. The van der Waals surface area contributed by atoms with Crippen molar-refractivity contribution < 1.29 is 8.97 Å². The molecule has 3 unspecified atom stereocenters. The third-order valence-electron chi connectivity index (χ3n) is 8.45. The lowest BCUT2D eigenvalue weighted by molar-refractivity contribution is -1.17. The Morgan fingerprint density at radius 1 is 0.852 bits per heavy atom. The minimum atomic E-state index is 0.223. The number of hydrogen-bond donors (Lipinski definition) is 0.